The highest BCUT2D eigenvalue weighted by Crippen LogP contribution is 2.25. The number of ether oxygens (including phenoxy) is 1. The minimum atomic E-state index is -1.01. The number of hydrogen-bond acceptors (Lipinski definition) is 4. The monoisotopic (exact) mass is 239 g/mol. The van der Waals surface area contributed by atoms with Crippen LogP contribution < -0.4 is 5.73 Å². The SMILES string of the molecule is NC(Cc1ncc(C2CCOCC2)[nH]1)C(=O)O. The molecule has 1 unspecified atom stereocenters. The molecule has 4 N–H and O–H groups in total. The second-order valence-electron chi connectivity index (χ2n) is 4.32. The quantitative estimate of drug-likeness (QED) is 0.699. The van der Waals surface area contributed by atoms with E-state index in [-0.39, 0.29) is 6.42 Å². The number of carboxylic acids is 1. The van der Waals surface area contributed by atoms with Gasteiger partial charge >= 0.3 is 5.97 Å². The highest BCUT2D eigenvalue weighted by atomic mass is 16.5. The summed E-state index contributed by atoms with van der Waals surface area (Å²) in [7, 11) is 0. The molecule has 1 atom stereocenters. The molecular weight excluding hydrogens is 222 g/mol. The molecule has 6 heteroatoms. The first-order valence-corrected chi connectivity index (χ1v) is 5.76. The standard InChI is InChI=1S/C11H17N3O3/c12-8(11(15)16)5-10-13-6-9(14-10)7-1-3-17-4-2-7/h6-8H,1-5,12H2,(H,13,14)(H,15,16). The Morgan fingerprint density at radius 3 is 3.00 bits per heavy atom. The minimum absolute atomic E-state index is 0.235. The van der Waals surface area contributed by atoms with Crippen LogP contribution in [0.15, 0.2) is 6.20 Å². The van der Waals surface area contributed by atoms with Crippen LogP contribution in [0.3, 0.4) is 0 Å². The summed E-state index contributed by atoms with van der Waals surface area (Å²) in [6.45, 7) is 1.54. The summed E-state index contributed by atoms with van der Waals surface area (Å²) in [4.78, 5) is 18.0. The lowest BCUT2D eigenvalue weighted by atomic mass is 9.97. The number of aromatic amines is 1. The number of nitrogens with two attached hydrogens (primary N) is 1. The van der Waals surface area contributed by atoms with Gasteiger partial charge in [-0.25, -0.2) is 4.98 Å². The zero-order chi connectivity index (χ0) is 12.3. The zero-order valence-electron chi connectivity index (χ0n) is 9.56. The van der Waals surface area contributed by atoms with Crippen LogP contribution in [0.1, 0.15) is 30.3 Å². The average Bonchev–Trinajstić information content (AvgIpc) is 2.78. The maximum Gasteiger partial charge on any atom is 0.320 e. The average molecular weight is 239 g/mol. The molecule has 1 aromatic heterocycles. The van der Waals surface area contributed by atoms with Gasteiger partial charge in [0.25, 0.3) is 0 Å². The van der Waals surface area contributed by atoms with Gasteiger partial charge in [0.2, 0.25) is 0 Å². The van der Waals surface area contributed by atoms with E-state index in [4.69, 9.17) is 15.6 Å². The fourth-order valence-corrected chi connectivity index (χ4v) is 1.99. The van der Waals surface area contributed by atoms with Crippen molar-refractivity contribution < 1.29 is 14.6 Å². The van der Waals surface area contributed by atoms with Crippen molar-refractivity contribution in [2.45, 2.75) is 31.2 Å². The van der Waals surface area contributed by atoms with Crippen molar-refractivity contribution in [3.8, 4) is 0 Å². The Labute approximate surface area is 99.2 Å². The molecule has 0 radical (unpaired) electrons. The molecule has 94 valence electrons. The molecule has 0 amide bonds. The summed E-state index contributed by atoms with van der Waals surface area (Å²) in [6.07, 6.45) is 3.97. The highest BCUT2D eigenvalue weighted by Gasteiger charge is 2.19. The number of nitrogens with one attached hydrogen (secondary N) is 1. The second-order valence-corrected chi connectivity index (χ2v) is 4.32. The number of nitrogens with zero attached hydrogens (tertiary/aromatic N) is 1. The maximum atomic E-state index is 10.6. The first-order chi connectivity index (χ1) is 8.16. The third-order valence-corrected chi connectivity index (χ3v) is 3.04. The van der Waals surface area contributed by atoms with Gasteiger partial charge < -0.3 is 20.6 Å². The van der Waals surface area contributed by atoms with E-state index in [1.165, 1.54) is 0 Å². The molecule has 1 fully saturated rings. The fourth-order valence-electron chi connectivity index (χ4n) is 1.99. The van der Waals surface area contributed by atoms with Crippen molar-refractivity contribution in [3.63, 3.8) is 0 Å². The van der Waals surface area contributed by atoms with Gasteiger partial charge in [0.15, 0.2) is 0 Å². The van der Waals surface area contributed by atoms with Gasteiger partial charge in [0.05, 0.1) is 0 Å². The van der Waals surface area contributed by atoms with E-state index in [0.29, 0.717) is 11.7 Å². The Morgan fingerprint density at radius 1 is 1.65 bits per heavy atom. The molecule has 2 heterocycles. The molecule has 2 rings (SSSR count). The lowest BCUT2D eigenvalue weighted by molar-refractivity contribution is -0.138. The number of aliphatic carboxylic acids is 1. The van der Waals surface area contributed by atoms with E-state index >= 15 is 0 Å². The van der Waals surface area contributed by atoms with Crippen molar-refractivity contribution >= 4 is 5.97 Å². The van der Waals surface area contributed by atoms with Crippen molar-refractivity contribution in [1.82, 2.24) is 9.97 Å². The van der Waals surface area contributed by atoms with Crippen LogP contribution in [0.25, 0.3) is 0 Å². The van der Waals surface area contributed by atoms with E-state index in [1.54, 1.807) is 6.20 Å². The van der Waals surface area contributed by atoms with Crippen LogP contribution in [0, 0.1) is 0 Å². The van der Waals surface area contributed by atoms with Gasteiger partial charge in [-0.05, 0) is 12.8 Å². The number of rotatable bonds is 4. The van der Waals surface area contributed by atoms with Crippen molar-refractivity contribution in [2.75, 3.05) is 13.2 Å². The number of carboxylic acid groups (broad SMARTS) is 1. The number of H-pyrrole nitrogens is 1. The van der Waals surface area contributed by atoms with E-state index in [0.717, 1.165) is 31.7 Å². The lowest BCUT2D eigenvalue weighted by Crippen LogP contribution is -2.32. The van der Waals surface area contributed by atoms with Crippen molar-refractivity contribution in [1.29, 1.82) is 0 Å². The Balaban J connectivity index is 1.97. The number of imidazole rings is 1. The number of aromatic nitrogens is 2. The lowest BCUT2D eigenvalue weighted by Gasteiger charge is -2.20. The van der Waals surface area contributed by atoms with Crippen LogP contribution >= 0.6 is 0 Å². The Hall–Kier alpha value is -1.40. The molecule has 0 aromatic carbocycles. The van der Waals surface area contributed by atoms with Gasteiger partial charge in [0.1, 0.15) is 11.9 Å². The third-order valence-electron chi connectivity index (χ3n) is 3.04. The zero-order valence-corrected chi connectivity index (χ0v) is 9.56. The first-order valence-electron chi connectivity index (χ1n) is 5.76. The summed E-state index contributed by atoms with van der Waals surface area (Å²) < 4.78 is 5.29. The molecule has 1 aliphatic heterocycles. The number of carbonyl (C=O) groups is 1. The highest BCUT2D eigenvalue weighted by molar-refractivity contribution is 5.73. The smallest absolute Gasteiger partial charge is 0.320 e. The van der Waals surface area contributed by atoms with E-state index in [1.807, 2.05) is 0 Å². The molecule has 1 aliphatic rings. The topological polar surface area (TPSA) is 101 Å². The predicted molar refractivity (Wildman–Crippen MR) is 60.7 cm³/mol. The van der Waals surface area contributed by atoms with E-state index in [2.05, 4.69) is 9.97 Å². The number of hydrogen-bond donors (Lipinski definition) is 3. The first kappa shape index (κ1) is 12.1. The fraction of sp³-hybridized carbons (Fsp3) is 0.636. The molecule has 6 nitrogen and oxygen atoms in total. The maximum absolute atomic E-state index is 10.6. The molecule has 0 spiro atoms. The summed E-state index contributed by atoms with van der Waals surface area (Å²) >= 11 is 0. The summed E-state index contributed by atoms with van der Waals surface area (Å²) in [5, 5.41) is 8.72. The Kier molecular flexibility index (Phi) is 3.75. The molecule has 0 saturated carbocycles. The van der Waals surface area contributed by atoms with Gasteiger partial charge in [-0.3, -0.25) is 4.79 Å². The van der Waals surface area contributed by atoms with Gasteiger partial charge in [0, 0.05) is 37.4 Å². The Bertz CT molecular complexity index is 385. The van der Waals surface area contributed by atoms with Crippen LogP contribution in [0.5, 0.6) is 0 Å². The van der Waals surface area contributed by atoms with Crippen LogP contribution in [-0.2, 0) is 16.0 Å². The van der Waals surface area contributed by atoms with Crippen LogP contribution in [0.4, 0.5) is 0 Å². The molecule has 0 bridgehead atoms. The summed E-state index contributed by atoms with van der Waals surface area (Å²) in [5.74, 6) is 0.0708. The molecule has 17 heavy (non-hydrogen) atoms. The molecule has 1 saturated heterocycles. The predicted octanol–water partition coefficient (Wildman–Crippen LogP) is 0.258. The van der Waals surface area contributed by atoms with Crippen LogP contribution in [0.2, 0.25) is 0 Å². The molecular formula is C11H17N3O3. The normalized spacial score (nSPS) is 19.1. The van der Waals surface area contributed by atoms with Crippen molar-refractivity contribution in [3.05, 3.63) is 17.7 Å². The second kappa shape index (κ2) is 5.29. The summed E-state index contributed by atoms with van der Waals surface area (Å²) in [6, 6.07) is -0.899. The summed E-state index contributed by atoms with van der Waals surface area (Å²) in [5.41, 5.74) is 6.51. The molecule has 1 aromatic rings. The Morgan fingerprint density at radius 2 is 2.35 bits per heavy atom. The minimum Gasteiger partial charge on any atom is -0.480 e. The van der Waals surface area contributed by atoms with Gasteiger partial charge in [-0.2, -0.15) is 0 Å². The van der Waals surface area contributed by atoms with Crippen LogP contribution in [-0.4, -0.2) is 40.3 Å². The van der Waals surface area contributed by atoms with Gasteiger partial charge in [-0.1, -0.05) is 0 Å². The van der Waals surface area contributed by atoms with E-state index in [9.17, 15) is 4.79 Å². The largest absolute Gasteiger partial charge is 0.480 e. The third kappa shape index (κ3) is 3.04. The molecule has 0 aliphatic carbocycles. The van der Waals surface area contributed by atoms with Crippen molar-refractivity contribution in [2.24, 2.45) is 5.73 Å². The van der Waals surface area contributed by atoms with E-state index < -0.39 is 12.0 Å². The van der Waals surface area contributed by atoms with Gasteiger partial charge in [-0.15, -0.1) is 0 Å².